The molecule has 0 bridgehead atoms. The maximum absolute atomic E-state index is 13.3. The monoisotopic (exact) mass is 161 g/mol. The number of terminal acetylenes is 1. The van der Waals surface area contributed by atoms with Gasteiger partial charge in [-0.05, 0) is 19.4 Å². The molecule has 1 heteroatoms. The third kappa shape index (κ3) is 1.48. The Bertz CT molecular complexity index is 320. The van der Waals surface area contributed by atoms with Crippen LogP contribution in [0.2, 0.25) is 0 Å². The fourth-order valence-electron chi connectivity index (χ4n) is 1.01. The van der Waals surface area contributed by atoms with Crippen LogP contribution in [0.15, 0.2) is 18.2 Å². The summed E-state index contributed by atoms with van der Waals surface area (Å²) in [6.07, 6.45) is 5.17. The summed E-state index contributed by atoms with van der Waals surface area (Å²) in [5, 5.41) is 0. The van der Waals surface area contributed by atoms with Crippen molar-refractivity contribution in [2.24, 2.45) is 0 Å². The zero-order valence-electron chi connectivity index (χ0n) is 7.19. The van der Waals surface area contributed by atoms with Gasteiger partial charge in [-0.25, -0.2) is 4.39 Å². The lowest BCUT2D eigenvalue weighted by atomic mass is 9.99. The average molecular weight is 161 g/mol. The van der Waals surface area contributed by atoms with E-state index in [4.69, 9.17) is 6.42 Å². The van der Waals surface area contributed by atoms with Gasteiger partial charge in [0.25, 0.3) is 0 Å². The molecule has 0 saturated heterocycles. The summed E-state index contributed by atoms with van der Waals surface area (Å²) >= 11 is 0. The van der Waals surface area contributed by atoms with E-state index in [9.17, 15) is 4.39 Å². The van der Waals surface area contributed by atoms with Gasteiger partial charge in [0.1, 0.15) is 5.82 Å². The second-order valence-electron chi connectivity index (χ2n) is 2.71. The molecular weight excluding hydrogens is 151 g/mol. The predicted octanol–water partition coefficient (Wildman–Crippen LogP) is 2.71. The van der Waals surface area contributed by atoms with Crippen molar-refractivity contribution in [1.82, 2.24) is 0 Å². The summed E-state index contributed by atoms with van der Waals surface area (Å²) < 4.78 is 13.3. The number of rotatable bonds is 1. The van der Waals surface area contributed by atoms with Crippen LogP contribution in [-0.4, -0.2) is 0 Å². The molecule has 0 saturated carbocycles. The van der Waals surface area contributed by atoms with Crippen LogP contribution in [0.5, 0.6) is 0 Å². The third-order valence-electron chi connectivity index (χ3n) is 1.81. The summed E-state index contributed by atoms with van der Waals surface area (Å²) in [6.45, 7) is 3.46. The number of hydrogen-bond donors (Lipinski definition) is 0. The second kappa shape index (κ2) is 3.40. The standard InChI is InChI=1S/C11H10F/c1-4-8(2)10-7-5-6-9(3)11(10)12/h1,5-7H,2-3H3. The van der Waals surface area contributed by atoms with Crippen molar-refractivity contribution >= 4 is 0 Å². The van der Waals surface area contributed by atoms with E-state index >= 15 is 0 Å². The lowest BCUT2D eigenvalue weighted by molar-refractivity contribution is 0.609. The van der Waals surface area contributed by atoms with Crippen LogP contribution in [0.4, 0.5) is 4.39 Å². The molecule has 1 aromatic carbocycles. The van der Waals surface area contributed by atoms with Crippen molar-refractivity contribution in [3.63, 3.8) is 0 Å². The molecule has 0 amide bonds. The van der Waals surface area contributed by atoms with E-state index in [-0.39, 0.29) is 5.82 Å². The minimum atomic E-state index is -0.215. The molecule has 0 fully saturated rings. The van der Waals surface area contributed by atoms with Crippen LogP contribution in [0, 0.1) is 31.0 Å². The molecule has 0 spiro atoms. The number of aryl methyl sites for hydroxylation is 1. The Morgan fingerprint density at radius 2 is 2.17 bits per heavy atom. The van der Waals surface area contributed by atoms with E-state index in [1.165, 1.54) is 0 Å². The minimum Gasteiger partial charge on any atom is -0.206 e. The van der Waals surface area contributed by atoms with Gasteiger partial charge in [-0.1, -0.05) is 24.1 Å². The van der Waals surface area contributed by atoms with Crippen molar-refractivity contribution in [2.45, 2.75) is 13.8 Å². The summed E-state index contributed by atoms with van der Waals surface area (Å²) in [5.41, 5.74) is 1.15. The third-order valence-corrected chi connectivity index (χ3v) is 1.81. The van der Waals surface area contributed by atoms with Gasteiger partial charge in [0.2, 0.25) is 0 Å². The van der Waals surface area contributed by atoms with Crippen LogP contribution < -0.4 is 0 Å². The molecule has 0 aromatic heterocycles. The highest BCUT2D eigenvalue weighted by atomic mass is 19.1. The molecule has 0 heterocycles. The maximum Gasteiger partial charge on any atom is 0.130 e. The van der Waals surface area contributed by atoms with E-state index in [0.29, 0.717) is 17.0 Å². The lowest BCUT2D eigenvalue weighted by Gasteiger charge is -2.06. The fraction of sp³-hybridized carbons (Fsp3) is 0.182. The molecule has 0 unspecified atom stereocenters. The van der Waals surface area contributed by atoms with Gasteiger partial charge in [0.15, 0.2) is 0 Å². The first-order valence-electron chi connectivity index (χ1n) is 3.72. The van der Waals surface area contributed by atoms with E-state index in [1.807, 2.05) is 0 Å². The summed E-state index contributed by atoms with van der Waals surface area (Å²) in [5.74, 6) is 2.85. The quantitative estimate of drug-likeness (QED) is 0.555. The zero-order valence-corrected chi connectivity index (χ0v) is 7.19. The van der Waals surface area contributed by atoms with Crippen molar-refractivity contribution in [3.05, 3.63) is 41.1 Å². The molecule has 0 N–H and O–H groups in total. The van der Waals surface area contributed by atoms with Crippen LogP contribution in [-0.2, 0) is 0 Å². The van der Waals surface area contributed by atoms with Crippen LogP contribution in [0.1, 0.15) is 18.1 Å². The van der Waals surface area contributed by atoms with E-state index < -0.39 is 0 Å². The molecule has 0 nitrogen and oxygen atoms in total. The fourth-order valence-corrected chi connectivity index (χ4v) is 1.01. The highest BCUT2D eigenvalue weighted by Gasteiger charge is 2.09. The molecule has 1 rings (SSSR count). The Morgan fingerprint density at radius 3 is 2.75 bits per heavy atom. The highest BCUT2D eigenvalue weighted by molar-refractivity contribution is 5.42. The van der Waals surface area contributed by atoms with Gasteiger partial charge >= 0.3 is 0 Å². The number of benzene rings is 1. The Balaban J connectivity index is 3.18. The molecule has 0 aliphatic rings. The van der Waals surface area contributed by atoms with Crippen molar-refractivity contribution < 1.29 is 4.39 Å². The molecule has 0 aliphatic carbocycles. The van der Waals surface area contributed by atoms with Gasteiger partial charge in [-0.15, -0.1) is 6.42 Å². The SMILES string of the molecule is C#C[C](C)c1cccc(C)c1F. The molecule has 61 valence electrons. The van der Waals surface area contributed by atoms with Gasteiger partial charge < -0.3 is 0 Å². The zero-order chi connectivity index (χ0) is 9.14. The first-order valence-corrected chi connectivity index (χ1v) is 3.72. The second-order valence-corrected chi connectivity index (χ2v) is 2.71. The number of hydrogen-bond acceptors (Lipinski definition) is 0. The van der Waals surface area contributed by atoms with Crippen LogP contribution in [0.3, 0.4) is 0 Å². The first-order chi connectivity index (χ1) is 5.66. The topological polar surface area (TPSA) is 0 Å². The first kappa shape index (κ1) is 8.80. The molecule has 1 radical (unpaired) electrons. The predicted molar refractivity (Wildman–Crippen MR) is 48.0 cm³/mol. The summed E-state index contributed by atoms with van der Waals surface area (Å²) in [4.78, 5) is 0. The Labute approximate surface area is 72.4 Å². The highest BCUT2D eigenvalue weighted by Crippen LogP contribution is 2.19. The largest absolute Gasteiger partial charge is 0.206 e. The Hall–Kier alpha value is -1.29. The molecule has 0 aliphatic heterocycles. The van der Waals surface area contributed by atoms with Crippen LogP contribution >= 0.6 is 0 Å². The molecule has 0 atom stereocenters. The van der Waals surface area contributed by atoms with Crippen molar-refractivity contribution in [3.8, 4) is 12.3 Å². The maximum atomic E-state index is 13.3. The van der Waals surface area contributed by atoms with Crippen molar-refractivity contribution in [2.75, 3.05) is 0 Å². The molecule has 12 heavy (non-hydrogen) atoms. The molecular formula is C11H10F. The van der Waals surface area contributed by atoms with Gasteiger partial charge in [0, 0.05) is 5.56 Å². The number of halogens is 1. The Kier molecular flexibility index (Phi) is 2.50. The summed E-state index contributed by atoms with van der Waals surface area (Å²) in [6, 6.07) is 5.22. The molecule has 1 aromatic rings. The van der Waals surface area contributed by atoms with Gasteiger partial charge in [0.05, 0.1) is 5.92 Å². The van der Waals surface area contributed by atoms with Gasteiger partial charge in [-0.2, -0.15) is 0 Å². The summed E-state index contributed by atoms with van der Waals surface area (Å²) in [7, 11) is 0. The minimum absolute atomic E-state index is 0.215. The lowest BCUT2D eigenvalue weighted by Crippen LogP contribution is -1.96. The Morgan fingerprint density at radius 1 is 1.50 bits per heavy atom. The van der Waals surface area contributed by atoms with E-state index in [1.54, 1.807) is 32.0 Å². The smallest absolute Gasteiger partial charge is 0.130 e. The van der Waals surface area contributed by atoms with E-state index in [2.05, 4.69) is 5.92 Å². The van der Waals surface area contributed by atoms with Crippen molar-refractivity contribution in [1.29, 1.82) is 0 Å². The van der Waals surface area contributed by atoms with E-state index in [0.717, 1.165) is 0 Å². The normalized spacial score (nSPS) is 9.92. The average Bonchev–Trinajstić information content (AvgIpc) is 2.08. The van der Waals surface area contributed by atoms with Crippen LogP contribution in [0.25, 0.3) is 0 Å². The van der Waals surface area contributed by atoms with Gasteiger partial charge in [-0.3, -0.25) is 0 Å².